The Bertz CT molecular complexity index is 1020. The van der Waals surface area contributed by atoms with Gasteiger partial charge in [-0.2, -0.15) is 5.10 Å². The second kappa shape index (κ2) is 5.86. The number of H-pyrrole nitrogens is 1. The van der Waals surface area contributed by atoms with Crippen molar-refractivity contribution in [2.45, 2.75) is 0 Å². The van der Waals surface area contributed by atoms with E-state index in [-0.39, 0.29) is 11.7 Å². The van der Waals surface area contributed by atoms with E-state index in [2.05, 4.69) is 20.5 Å². The van der Waals surface area contributed by atoms with Crippen molar-refractivity contribution in [1.82, 2.24) is 15.2 Å². The minimum Gasteiger partial charge on any atom is -0.321 e. The Balaban J connectivity index is 1.55. The minimum atomic E-state index is -0.303. The second-order valence-electron chi connectivity index (χ2n) is 5.17. The number of thiazole rings is 1. The van der Waals surface area contributed by atoms with Crippen molar-refractivity contribution in [3.8, 4) is 10.6 Å². The van der Waals surface area contributed by atoms with Crippen molar-refractivity contribution in [2.24, 2.45) is 0 Å². The van der Waals surface area contributed by atoms with Crippen molar-refractivity contribution in [2.75, 3.05) is 5.32 Å². The molecule has 2 N–H and O–H groups in total. The summed E-state index contributed by atoms with van der Waals surface area (Å²) in [4.78, 5) is 16.7. The highest BCUT2D eigenvalue weighted by Crippen LogP contribution is 2.24. The number of anilines is 1. The van der Waals surface area contributed by atoms with E-state index < -0.39 is 0 Å². The molecule has 0 atom stereocenters. The van der Waals surface area contributed by atoms with Crippen LogP contribution in [0.5, 0.6) is 0 Å². The minimum absolute atomic E-state index is 0.289. The van der Waals surface area contributed by atoms with Crippen molar-refractivity contribution < 1.29 is 9.18 Å². The number of nitrogens with one attached hydrogen (secondary N) is 2. The van der Waals surface area contributed by atoms with Crippen molar-refractivity contribution in [3.63, 3.8) is 0 Å². The van der Waals surface area contributed by atoms with Gasteiger partial charge in [0.2, 0.25) is 0 Å². The third-order valence-corrected chi connectivity index (χ3v) is 4.42. The first kappa shape index (κ1) is 14.5. The molecule has 0 aliphatic heterocycles. The van der Waals surface area contributed by atoms with Crippen LogP contribution in [0.4, 0.5) is 10.1 Å². The number of aromatic amines is 1. The zero-order chi connectivity index (χ0) is 16.5. The molecule has 0 saturated carbocycles. The lowest BCUT2D eigenvalue weighted by atomic mass is 10.2. The lowest BCUT2D eigenvalue weighted by Gasteiger charge is -2.03. The first-order valence-electron chi connectivity index (χ1n) is 7.15. The number of hydrogen-bond donors (Lipinski definition) is 2. The van der Waals surface area contributed by atoms with Gasteiger partial charge in [0, 0.05) is 22.0 Å². The summed E-state index contributed by atoms with van der Waals surface area (Å²) in [6.45, 7) is 0. The summed E-state index contributed by atoms with van der Waals surface area (Å²) in [6, 6.07) is 11.5. The molecule has 0 fully saturated rings. The Morgan fingerprint density at radius 3 is 2.83 bits per heavy atom. The highest BCUT2D eigenvalue weighted by Gasteiger charge is 2.12. The van der Waals surface area contributed by atoms with E-state index in [4.69, 9.17) is 0 Å². The highest BCUT2D eigenvalue weighted by molar-refractivity contribution is 7.13. The summed E-state index contributed by atoms with van der Waals surface area (Å²) in [5, 5.41) is 12.9. The predicted octanol–water partition coefficient (Wildman–Crippen LogP) is 4.08. The molecule has 0 spiro atoms. The molecule has 4 rings (SSSR count). The third-order valence-electron chi connectivity index (χ3n) is 3.53. The van der Waals surface area contributed by atoms with E-state index in [1.807, 2.05) is 12.1 Å². The number of carbonyl (C=O) groups excluding carboxylic acids is 1. The fraction of sp³-hybridized carbons (Fsp3) is 0. The number of benzene rings is 2. The van der Waals surface area contributed by atoms with Gasteiger partial charge in [-0.05, 0) is 42.5 Å². The number of hydrogen-bond acceptors (Lipinski definition) is 4. The molecule has 4 aromatic rings. The van der Waals surface area contributed by atoms with E-state index >= 15 is 0 Å². The van der Waals surface area contributed by atoms with E-state index in [1.165, 1.54) is 23.5 Å². The number of aromatic nitrogens is 3. The first-order chi connectivity index (χ1) is 11.7. The van der Waals surface area contributed by atoms with E-state index in [0.717, 1.165) is 16.5 Å². The maximum Gasteiger partial charge on any atom is 0.275 e. The zero-order valence-corrected chi connectivity index (χ0v) is 13.1. The summed E-state index contributed by atoms with van der Waals surface area (Å²) in [7, 11) is 0. The largest absolute Gasteiger partial charge is 0.321 e. The summed E-state index contributed by atoms with van der Waals surface area (Å²) in [5.41, 5.74) is 2.68. The van der Waals surface area contributed by atoms with Gasteiger partial charge >= 0.3 is 0 Å². The Morgan fingerprint density at radius 2 is 2.00 bits per heavy atom. The van der Waals surface area contributed by atoms with E-state index in [0.29, 0.717) is 16.4 Å². The molecule has 118 valence electrons. The van der Waals surface area contributed by atoms with Gasteiger partial charge in [-0.1, -0.05) is 0 Å². The molecule has 7 heteroatoms. The number of fused-ring (bicyclic) bond motifs is 1. The van der Waals surface area contributed by atoms with Crippen LogP contribution >= 0.6 is 11.3 Å². The smallest absolute Gasteiger partial charge is 0.275 e. The average Bonchev–Trinajstić information content (AvgIpc) is 3.24. The van der Waals surface area contributed by atoms with Crippen LogP contribution in [0.3, 0.4) is 0 Å². The molecule has 2 aromatic heterocycles. The number of halogens is 1. The van der Waals surface area contributed by atoms with Gasteiger partial charge in [-0.15, -0.1) is 11.3 Å². The SMILES string of the molecule is O=C(Nc1ccc2[nH]ncc2c1)c1csc(-c2ccc(F)cc2)n1. The second-order valence-corrected chi connectivity index (χ2v) is 6.03. The Labute approximate surface area is 140 Å². The van der Waals surface area contributed by atoms with Gasteiger partial charge in [0.25, 0.3) is 5.91 Å². The lowest BCUT2D eigenvalue weighted by molar-refractivity contribution is 0.102. The van der Waals surface area contributed by atoms with Crippen molar-refractivity contribution in [1.29, 1.82) is 0 Å². The van der Waals surface area contributed by atoms with Crippen LogP contribution in [0.1, 0.15) is 10.5 Å². The fourth-order valence-electron chi connectivity index (χ4n) is 2.32. The van der Waals surface area contributed by atoms with Crippen LogP contribution in [-0.2, 0) is 0 Å². The molecule has 0 aliphatic rings. The third kappa shape index (κ3) is 2.77. The summed E-state index contributed by atoms with van der Waals surface area (Å²) in [5.74, 6) is -0.592. The van der Waals surface area contributed by atoms with Crippen LogP contribution in [0, 0.1) is 5.82 Å². The van der Waals surface area contributed by atoms with E-state index in [9.17, 15) is 9.18 Å². The Hall–Kier alpha value is -3.06. The molecule has 2 aromatic carbocycles. The van der Waals surface area contributed by atoms with Gasteiger partial charge in [-0.25, -0.2) is 9.37 Å². The van der Waals surface area contributed by atoms with Gasteiger partial charge in [0.15, 0.2) is 0 Å². The Morgan fingerprint density at radius 1 is 1.17 bits per heavy atom. The number of carbonyl (C=O) groups is 1. The molecule has 24 heavy (non-hydrogen) atoms. The molecule has 0 radical (unpaired) electrons. The maximum atomic E-state index is 13.0. The molecular weight excluding hydrogens is 327 g/mol. The number of nitrogens with zero attached hydrogens (tertiary/aromatic N) is 2. The normalized spacial score (nSPS) is 10.9. The van der Waals surface area contributed by atoms with Gasteiger partial charge < -0.3 is 5.32 Å². The summed E-state index contributed by atoms with van der Waals surface area (Å²) < 4.78 is 13.0. The summed E-state index contributed by atoms with van der Waals surface area (Å²) in [6.07, 6.45) is 1.69. The standard InChI is InChI=1S/C17H11FN4OS/c18-12-3-1-10(2-4-12)17-21-15(9-24-17)16(23)20-13-5-6-14-11(7-13)8-19-22-14/h1-9H,(H,19,22)(H,20,23). The quantitative estimate of drug-likeness (QED) is 0.591. The molecule has 0 bridgehead atoms. The Kier molecular flexibility index (Phi) is 3.55. The highest BCUT2D eigenvalue weighted by atomic mass is 32.1. The van der Waals surface area contributed by atoms with Crippen molar-refractivity contribution >= 4 is 33.8 Å². The molecule has 0 saturated heterocycles. The average molecular weight is 338 g/mol. The molecule has 0 unspecified atom stereocenters. The van der Waals surface area contributed by atoms with Crippen molar-refractivity contribution in [3.05, 3.63) is 65.6 Å². The molecule has 1 amide bonds. The topological polar surface area (TPSA) is 70.7 Å². The number of rotatable bonds is 3. The maximum absolute atomic E-state index is 13.0. The van der Waals surface area contributed by atoms with Gasteiger partial charge in [0.1, 0.15) is 16.5 Å². The predicted molar refractivity (Wildman–Crippen MR) is 91.6 cm³/mol. The van der Waals surface area contributed by atoms with Gasteiger partial charge in [0.05, 0.1) is 11.7 Å². The van der Waals surface area contributed by atoms with Crippen LogP contribution in [0.25, 0.3) is 21.5 Å². The van der Waals surface area contributed by atoms with Crippen LogP contribution in [-0.4, -0.2) is 21.1 Å². The number of amides is 1. The molecule has 5 nitrogen and oxygen atoms in total. The molecular formula is C17H11FN4OS. The monoisotopic (exact) mass is 338 g/mol. The molecule has 0 aliphatic carbocycles. The zero-order valence-electron chi connectivity index (χ0n) is 12.3. The van der Waals surface area contributed by atoms with Crippen LogP contribution in [0.15, 0.2) is 54.0 Å². The lowest BCUT2D eigenvalue weighted by Crippen LogP contribution is -2.12. The van der Waals surface area contributed by atoms with Gasteiger partial charge in [-0.3, -0.25) is 9.89 Å². The first-order valence-corrected chi connectivity index (χ1v) is 8.03. The van der Waals surface area contributed by atoms with Crippen LogP contribution in [0.2, 0.25) is 0 Å². The van der Waals surface area contributed by atoms with Crippen LogP contribution < -0.4 is 5.32 Å². The van der Waals surface area contributed by atoms with E-state index in [1.54, 1.807) is 29.8 Å². The molecule has 2 heterocycles. The summed E-state index contributed by atoms with van der Waals surface area (Å²) >= 11 is 1.34. The fourth-order valence-corrected chi connectivity index (χ4v) is 3.12.